The van der Waals surface area contributed by atoms with Crippen molar-refractivity contribution in [1.29, 1.82) is 0 Å². The highest BCUT2D eigenvalue weighted by Gasteiger charge is 2.51. The van der Waals surface area contributed by atoms with Crippen LogP contribution in [0.5, 0.6) is 5.75 Å². The maximum Gasteiger partial charge on any atom is 0.330 e. The summed E-state index contributed by atoms with van der Waals surface area (Å²) in [5.41, 5.74) is 3.32. The molecule has 1 aromatic carbocycles. The Morgan fingerprint density at radius 1 is 1.19 bits per heavy atom. The topological polar surface area (TPSA) is 48.0 Å². The highest BCUT2D eigenvalue weighted by atomic mass is 28.4. The quantitative estimate of drug-likeness (QED) is 0.355. The van der Waals surface area contributed by atoms with Gasteiger partial charge in [0, 0.05) is 37.2 Å². The molecule has 0 N–H and O–H groups in total. The normalized spacial score (nSPS) is 25.3. The minimum atomic E-state index is -1.85. The van der Waals surface area contributed by atoms with E-state index >= 15 is 0 Å². The molecule has 0 unspecified atom stereocenters. The third kappa shape index (κ3) is 4.97. The number of hydrogen-bond donors (Lipinski definition) is 0. The molecule has 2 saturated heterocycles. The fourth-order valence-corrected chi connectivity index (χ4v) is 5.69. The molecular weight excluding hydrogens is 406 g/mol. The lowest BCUT2D eigenvalue weighted by Crippen LogP contribution is -2.59. The number of carbonyl (C=O) groups is 1. The van der Waals surface area contributed by atoms with Crippen molar-refractivity contribution in [1.82, 2.24) is 4.90 Å². The van der Waals surface area contributed by atoms with Crippen molar-refractivity contribution in [3.63, 3.8) is 0 Å². The van der Waals surface area contributed by atoms with Crippen LogP contribution in [0.4, 0.5) is 0 Å². The number of benzene rings is 1. The molecule has 2 heterocycles. The van der Waals surface area contributed by atoms with Crippen molar-refractivity contribution in [2.24, 2.45) is 5.92 Å². The molecule has 2 fully saturated rings. The average Bonchev–Trinajstić information content (AvgIpc) is 2.92. The predicted molar refractivity (Wildman–Crippen MR) is 128 cm³/mol. The summed E-state index contributed by atoms with van der Waals surface area (Å²) in [6.45, 7) is 15.4. The Labute approximate surface area is 188 Å². The molecule has 0 aromatic heterocycles. The molecule has 3 rings (SSSR count). The summed E-state index contributed by atoms with van der Waals surface area (Å²) in [6.07, 6.45) is 4.01. The Bertz CT molecular complexity index is 867. The summed E-state index contributed by atoms with van der Waals surface area (Å²) in [5.74, 6) is 0.931. The standard InChI is InChI=1S/C25H37NO4Si/c1-17(30-31(7,8)25(2,3)4)22-16-26-15-19(14-23(27)29-6)21(24(22)26)13-18-9-11-20(28-5)12-10-18/h9-14,17,22,24H,15-16H2,1-8H3/b19-14+,21-13-/t17-,22-,24-/m1/s1. The van der Waals surface area contributed by atoms with Crippen molar-refractivity contribution < 1.29 is 18.7 Å². The number of carbonyl (C=O) groups excluding carboxylic acids is 1. The molecule has 2 aliphatic heterocycles. The number of rotatable bonds is 6. The second kappa shape index (κ2) is 8.92. The second-order valence-corrected chi connectivity index (χ2v) is 14.9. The van der Waals surface area contributed by atoms with Gasteiger partial charge in [-0.25, -0.2) is 4.79 Å². The van der Waals surface area contributed by atoms with Gasteiger partial charge >= 0.3 is 5.97 Å². The van der Waals surface area contributed by atoms with Gasteiger partial charge < -0.3 is 13.9 Å². The Morgan fingerprint density at radius 2 is 1.84 bits per heavy atom. The van der Waals surface area contributed by atoms with E-state index in [4.69, 9.17) is 13.9 Å². The minimum Gasteiger partial charge on any atom is -0.497 e. The van der Waals surface area contributed by atoms with E-state index in [0.29, 0.717) is 5.92 Å². The van der Waals surface area contributed by atoms with E-state index in [-0.39, 0.29) is 23.2 Å². The Hall–Kier alpha value is -1.89. The Kier molecular flexibility index (Phi) is 6.84. The van der Waals surface area contributed by atoms with E-state index in [1.807, 2.05) is 24.3 Å². The van der Waals surface area contributed by atoms with Crippen LogP contribution in [0.1, 0.15) is 33.3 Å². The van der Waals surface area contributed by atoms with E-state index in [1.165, 1.54) is 12.7 Å². The van der Waals surface area contributed by atoms with Crippen LogP contribution in [-0.2, 0) is 14.0 Å². The summed E-state index contributed by atoms with van der Waals surface area (Å²) in [6, 6.07) is 8.29. The van der Waals surface area contributed by atoms with Crippen LogP contribution in [0.2, 0.25) is 18.1 Å². The molecule has 0 aliphatic carbocycles. The highest BCUT2D eigenvalue weighted by Crippen LogP contribution is 2.46. The number of nitrogens with zero attached hydrogens (tertiary/aromatic N) is 1. The molecule has 0 saturated carbocycles. The molecule has 1 aromatic rings. The number of methoxy groups -OCH3 is 2. The SMILES string of the molecule is COC(=O)/C=C1\CN2C[C@H]([C@@H](C)O[Si](C)(C)C(C)(C)C)[C@H]2\C1=C/c1ccc(OC)cc1. The molecule has 3 atom stereocenters. The van der Waals surface area contributed by atoms with Gasteiger partial charge in [-0.1, -0.05) is 32.9 Å². The van der Waals surface area contributed by atoms with Crippen LogP contribution in [0, 0.1) is 5.92 Å². The summed E-state index contributed by atoms with van der Waals surface area (Å²) in [4.78, 5) is 14.4. The van der Waals surface area contributed by atoms with Gasteiger partial charge in [-0.05, 0) is 60.0 Å². The van der Waals surface area contributed by atoms with Crippen LogP contribution < -0.4 is 4.74 Å². The maximum absolute atomic E-state index is 12.0. The molecule has 0 radical (unpaired) electrons. The lowest BCUT2D eigenvalue weighted by molar-refractivity contribution is -0.134. The van der Waals surface area contributed by atoms with Gasteiger partial charge in [0.2, 0.25) is 0 Å². The lowest BCUT2D eigenvalue weighted by atomic mass is 9.81. The Balaban J connectivity index is 1.89. The van der Waals surface area contributed by atoms with E-state index < -0.39 is 8.32 Å². The molecule has 0 spiro atoms. The molecule has 6 heteroatoms. The fourth-order valence-electron chi connectivity index (χ4n) is 4.23. The van der Waals surface area contributed by atoms with Crippen LogP contribution in [0.15, 0.2) is 41.5 Å². The van der Waals surface area contributed by atoms with Gasteiger partial charge in [0.1, 0.15) is 5.75 Å². The van der Waals surface area contributed by atoms with Crippen molar-refractivity contribution in [3.05, 3.63) is 47.1 Å². The van der Waals surface area contributed by atoms with Crippen LogP contribution >= 0.6 is 0 Å². The maximum atomic E-state index is 12.0. The van der Waals surface area contributed by atoms with Gasteiger partial charge in [-0.15, -0.1) is 0 Å². The lowest BCUT2D eigenvalue weighted by Gasteiger charge is -2.49. The summed E-state index contributed by atoms with van der Waals surface area (Å²) < 4.78 is 16.9. The zero-order valence-electron chi connectivity index (χ0n) is 20.2. The van der Waals surface area contributed by atoms with Crippen LogP contribution in [-0.4, -0.2) is 58.6 Å². The highest BCUT2D eigenvalue weighted by molar-refractivity contribution is 6.74. The van der Waals surface area contributed by atoms with Crippen molar-refractivity contribution in [2.75, 3.05) is 27.3 Å². The van der Waals surface area contributed by atoms with Gasteiger partial charge in [0.25, 0.3) is 0 Å². The molecule has 2 aliphatic rings. The first-order chi connectivity index (χ1) is 14.5. The van der Waals surface area contributed by atoms with E-state index in [2.05, 4.69) is 51.8 Å². The summed E-state index contributed by atoms with van der Waals surface area (Å²) in [5, 5.41) is 0.179. The molecule has 170 valence electrons. The van der Waals surface area contributed by atoms with Crippen LogP contribution in [0.3, 0.4) is 0 Å². The third-order valence-corrected chi connectivity index (χ3v) is 11.7. The van der Waals surface area contributed by atoms with Gasteiger partial charge in [0.05, 0.1) is 14.2 Å². The van der Waals surface area contributed by atoms with E-state index in [9.17, 15) is 4.79 Å². The zero-order valence-corrected chi connectivity index (χ0v) is 21.2. The van der Waals surface area contributed by atoms with E-state index in [1.54, 1.807) is 13.2 Å². The number of esters is 1. The van der Waals surface area contributed by atoms with Gasteiger partial charge in [-0.2, -0.15) is 0 Å². The predicted octanol–water partition coefficient (Wildman–Crippen LogP) is 4.90. The van der Waals surface area contributed by atoms with Crippen LogP contribution in [0.25, 0.3) is 6.08 Å². The Morgan fingerprint density at radius 3 is 2.39 bits per heavy atom. The smallest absolute Gasteiger partial charge is 0.330 e. The molecule has 0 amide bonds. The van der Waals surface area contributed by atoms with Gasteiger partial charge in [0.15, 0.2) is 8.32 Å². The number of hydrogen-bond acceptors (Lipinski definition) is 5. The van der Waals surface area contributed by atoms with E-state index in [0.717, 1.165) is 30.0 Å². The first kappa shape index (κ1) is 23.8. The van der Waals surface area contributed by atoms with Crippen molar-refractivity contribution in [3.8, 4) is 5.75 Å². The van der Waals surface area contributed by atoms with Crippen molar-refractivity contribution >= 4 is 20.4 Å². The molecule has 5 nitrogen and oxygen atoms in total. The van der Waals surface area contributed by atoms with Crippen molar-refractivity contribution in [2.45, 2.75) is 58.0 Å². The first-order valence-electron chi connectivity index (χ1n) is 11.0. The number of fused-ring (bicyclic) bond motifs is 1. The monoisotopic (exact) mass is 443 g/mol. The summed E-state index contributed by atoms with van der Waals surface area (Å²) in [7, 11) is 1.24. The molecule has 31 heavy (non-hydrogen) atoms. The fraction of sp³-hybridized carbons (Fsp3) is 0.560. The van der Waals surface area contributed by atoms with Gasteiger partial charge in [-0.3, -0.25) is 4.90 Å². The second-order valence-electron chi connectivity index (χ2n) is 10.2. The minimum absolute atomic E-state index is 0.166. The third-order valence-electron chi connectivity index (χ3n) is 7.13. The molecular formula is C25H37NO4Si. The summed E-state index contributed by atoms with van der Waals surface area (Å²) >= 11 is 0. The average molecular weight is 444 g/mol. The number of ether oxygens (including phenoxy) is 2. The largest absolute Gasteiger partial charge is 0.497 e. The first-order valence-corrected chi connectivity index (χ1v) is 13.9. The zero-order chi connectivity index (χ0) is 23.0. The molecule has 0 bridgehead atoms.